The number of anilines is 1. The molecule has 0 atom stereocenters. The number of amides is 1. The third kappa shape index (κ3) is 2.14. The lowest BCUT2D eigenvalue weighted by Gasteiger charge is -2.21. The van der Waals surface area contributed by atoms with E-state index in [0.717, 1.165) is 25.7 Å². The zero-order chi connectivity index (χ0) is 13.4. The van der Waals surface area contributed by atoms with Gasteiger partial charge in [0.25, 0.3) is 11.7 Å². The molecule has 19 heavy (non-hydrogen) atoms. The molecule has 2 heterocycles. The van der Waals surface area contributed by atoms with E-state index in [4.69, 9.17) is 0 Å². The van der Waals surface area contributed by atoms with Crippen molar-refractivity contribution >= 4 is 17.4 Å². The van der Waals surface area contributed by atoms with Gasteiger partial charge in [-0.25, -0.2) is 4.39 Å². The number of nitrogens with zero attached hydrogens (tertiary/aromatic N) is 2. The largest absolute Gasteiger partial charge is 0.303 e. The molecule has 0 N–H and O–H groups in total. The number of carbonyl (C=O) groups excluding carboxylic acids is 2. The summed E-state index contributed by atoms with van der Waals surface area (Å²) >= 11 is 0. The zero-order valence-corrected chi connectivity index (χ0v) is 10.6. The van der Waals surface area contributed by atoms with Crippen LogP contribution in [0.15, 0.2) is 18.2 Å². The molecule has 0 unspecified atom stereocenters. The van der Waals surface area contributed by atoms with Gasteiger partial charge < -0.3 is 9.80 Å². The third-order valence-electron chi connectivity index (χ3n) is 3.77. The van der Waals surface area contributed by atoms with E-state index < -0.39 is 17.5 Å². The van der Waals surface area contributed by atoms with Gasteiger partial charge >= 0.3 is 0 Å². The normalized spacial score (nSPS) is 19.3. The lowest BCUT2D eigenvalue weighted by Crippen LogP contribution is -2.37. The van der Waals surface area contributed by atoms with Crippen molar-refractivity contribution in [3.63, 3.8) is 0 Å². The average molecular weight is 262 g/mol. The number of hydrogen-bond acceptors (Lipinski definition) is 3. The number of benzene rings is 1. The first kappa shape index (κ1) is 12.3. The number of Topliss-reactive ketones (excluding diaryl/α,β-unsaturated/α-hetero) is 1. The Kier molecular flexibility index (Phi) is 3.06. The highest BCUT2D eigenvalue weighted by molar-refractivity contribution is 6.52. The van der Waals surface area contributed by atoms with Gasteiger partial charge in [0.2, 0.25) is 0 Å². The first-order valence-corrected chi connectivity index (χ1v) is 6.55. The van der Waals surface area contributed by atoms with E-state index >= 15 is 0 Å². The lowest BCUT2D eigenvalue weighted by molar-refractivity contribution is -0.114. The van der Waals surface area contributed by atoms with Crippen LogP contribution in [-0.4, -0.2) is 42.8 Å². The van der Waals surface area contributed by atoms with Crippen LogP contribution in [-0.2, 0) is 4.79 Å². The zero-order valence-electron chi connectivity index (χ0n) is 10.6. The van der Waals surface area contributed by atoms with Gasteiger partial charge in [-0.05, 0) is 44.1 Å². The number of likely N-dealkylation sites (tertiary alicyclic amines) is 1. The van der Waals surface area contributed by atoms with Gasteiger partial charge in [0.05, 0.1) is 11.3 Å². The first-order chi connectivity index (χ1) is 9.16. The average Bonchev–Trinajstić information content (AvgIpc) is 2.98. The van der Waals surface area contributed by atoms with E-state index in [1.807, 2.05) is 0 Å². The Morgan fingerprint density at radius 3 is 2.58 bits per heavy atom. The molecule has 2 aliphatic rings. The second kappa shape index (κ2) is 4.74. The number of rotatable bonds is 3. The summed E-state index contributed by atoms with van der Waals surface area (Å²) in [6, 6.07) is 3.94. The molecule has 5 heteroatoms. The number of hydrogen-bond donors (Lipinski definition) is 0. The molecule has 1 fully saturated rings. The summed E-state index contributed by atoms with van der Waals surface area (Å²) in [6.45, 7) is 3.34. The van der Waals surface area contributed by atoms with Crippen molar-refractivity contribution in [3.05, 3.63) is 29.6 Å². The number of halogens is 1. The Hall–Kier alpha value is -1.75. The van der Waals surface area contributed by atoms with Crippen molar-refractivity contribution in [2.75, 3.05) is 31.1 Å². The van der Waals surface area contributed by atoms with Crippen LogP contribution < -0.4 is 4.90 Å². The Morgan fingerprint density at radius 2 is 1.84 bits per heavy atom. The van der Waals surface area contributed by atoms with Crippen LogP contribution in [0.5, 0.6) is 0 Å². The summed E-state index contributed by atoms with van der Waals surface area (Å²) < 4.78 is 13.1. The molecule has 4 nitrogen and oxygen atoms in total. The molecule has 0 spiro atoms. The van der Waals surface area contributed by atoms with E-state index in [1.54, 1.807) is 0 Å². The van der Waals surface area contributed by atoms with Gasteiger partial charge in [-0.2, -0.15) is 0 Å². The minimum absolute atomic E-state index is 0.187. The topological polar surface area (TPSA) is 40.6 Å². The van der Waals surface area contributed by atoms with Gasteiger partial charge in [0, 0.05) is 13.1 Å². The fourth-order valence-electron chi connectivity index (χ4n) is 2.74. The molecular formula is C14H15FN2O2. The highest BCUT2D eigenvalue weighted by atomic mass is 19.1. The standard InChI is InChI=1S/C14H15FN2O2/c15-10-3-4-12-11(9-10)13(18)14(19)17(12)8-7-16-5-1-2-6-16/h3-4,9H,1-2,5-8H2. The van der Waals surface area contributed by atoms with E-state index in [-0.39, 0.29) is 5.56 Å². The lowest BCUT2D eigenvalue weighted by atomic mass is 10.1. The summed E-state index contributed by atoms with van der Waals surface area (Å²) in [4.78, 5) is 27.4. The van der Waals surface area contributed by atoms with E-state index in [2.05, 4.69) is 4.90 Å². The van der Waals surface area contributed by atoms with Crippen molar-refractivity contribution in [2.45, 2.75) is 12.8 Å². The fraction of sp³-hybridized carbons (Fsp3) is 0.429. The Bertz CT molecular complexity index is 538. The van der Waals surface area contributed by atoms with Gasteiger partial charge in [0.1, 0.15) is 5.82 Å². The summed E-state index contributed by atoms with van der Waals surface area (Å²) in [5.74, 6) is -1.63. The van der Waals surface area contributed by atoms with Crippen molar-refractivity contribution in [3.8, 4) is 0 Å². The molecule has 1 saturated heterocycles. The summed E-state index contributed by atoms with van der Waals surface area (Å²) in [7, 11) is 0. The molecule has 2 aliphatic heterocycles. The molecule has 0 aromatic heterocycles. The van der Waals surface area contributed by atoms with Crippen LogP contribution in [0.4, 0.5) is 10.1 Å². The van der Waals surface area contributed by atoms with Crippen molar-refractivity contribution < 1.29 is 14.0 Å². The molecule has 3 rings (SSSR count). The van der Waals surface area contributed by atoms with Gasteiger partial charge in [-0.15, -0.1) is 0 Å². The van der Waals surface area contributed by atoms with Crippen LogP contribution in [0.1, 0.15) is 23.2 Å². The maximum Gasteiger partial charge on any atom is 0.299 e. The van der Waals surface area contributed by atoms with Crippen molar-refractivity contribution in [1.29, 1.82) is 0 Å². The number of ketones is 1. The summed E-state index contributed by atoms with van der Waals surface area (Å²) in [5, 5.41) is 0. The van der Waals surface area contributed by atoms with Crippen molar-refractivity contribution in [1.82, 2.24) is 4.90 Å². The highest BCUT2D eigenvalue weighted by Crippen LogP contribution is 2.29. The van der Waals surface area contributed by atoms with Gasteiger partial charge in [0.15, 0.2) is 0 Å². The van der Waals surface area contributed by atoms with E-state index in [0.29, 0.717) is 12.2 Å². The van der Waals surface area contributed by atoms with Crippen LogP contribution >= 0.6 is 0 Å². The second-order valence-corrected chi connectivity index (χ2v) is 5.00. The molecule has 1 aromatic rings. The third-order valence-corrected chi connectivity index (χ3v) is 3.77. The monoisotopic (exact) mass is 262 g/mol. The van der Waals surface area contributed by atoms with Crippen molar-refractivity contribution in [2.24, 2.45) is 0 Å². The van der Waals surface area contributed by atoms with Crippen LogP contribution in [0, 0.1) is 5.82 Å². The molecule has 0 radical (unpaired) electrons. The van der Waals surface area contributed by atoms with Gasteiger partial charge in [-0.1, -0.05) is 0 Å². The van der Waals surface area contributed by atoms with Crippen LogP contribution in [0.25, 0.3) is 0 Å². The van der Waals surface area contributed by atoms with E-state index in [9.17, 15) is 14.0 Å². The molecule has 1 aromatic carbocycles. The molecule has 0 aliphatic carbocycles. The SMILES string of the molecule is O=C1C(=O)N(CCN2CCCC2)c2ccc(F)cc21. The second-order valence-electron chi connectivity index (χ2n) is 5.00. The number of carbonyl (C=O) groups is 2. The Labute approximate surface area is 110 Å². The minimum Gasteiger partial charge on any atom is -0.303 e. The quantitative estimate of drug-likeness (QED) is 0.774. The first-order valence-electron chi connectivity index (χ1n) is 6.55. The smallest absolute Gasteiger partial charge is 0.299 e. The predicted molar refractivity (Wildman–Crippen MR) is 68.8 cm³/mol. The maximum absolute atomic E-state index is 13.1. The molecule has 1 amide bonds. The van der Waals surface area contributed by atoms with Crippen LogP contribution in [0.2, 0.25) is 0 Å². The predicted octanol–water partition coefficient (Wildman–Crippen LogP) is 1.45. The fourth-order valence-corrected chi connectivity index (χ4v) is 2.74. The summed E-state index contributed by atoms with van der Waals surface area (Å²) in [6.07, 6.45) is 2.38. The molecule has 0 saturated carbocycles. The number of fused-ring (bicyclic) bond motifs is 1. The minimum atomic E-state index is -0.601. The molecule has 0 bridgehead atoms. The summed E-state index contributed by atoms with van der Waals surface area (Å²) in [5.41, 5.74) is 0.724. The van der Waals surface area contributed by atoms with Gasteiger partial charge in [-0.3, -0.25) is 9.59 Å². The van der Waals surface area contributed by atoms with E-state index in [1.165, 1.54) is 29.9 Å². The highest BCUT2D eigenvalue weighted by Gasteiger charge is 2.36. The van der Waals surface area contributed by atoms with Crippen LogP contribution in [0.3, 0.4) is 0 Å². The Morgan fingerprint density at radius 1 is 1.11 bits per heavy atom. The molecule has 100 valence electrons. The molecular weight excluding hydrogens is 247 g/mol. The maximum atomic E-state index is 13.1. The Balaban J connectivity index is 1.78.